The summed E-state index contributed by atoms with van der Waals surface area (Å²) >= 11 is 1.62. The average Bonchev–Trinajstić information content (AvgIpc) is 2.31. The van der Waals surface area contributed by atoms with E-state index in [0.29, 0.717) is 0 Å². The highest BCUT2D eigenvalue weighted by atomic mass is 32.2. The lowest BCUT2D eigenvalue weighted by molar-refractivity contribution is 0.173. The van der Waals surface area contributed by atoms with Crippen molar-refractivity contribution in [2.24, 2.45) is 0 Å². The van der Waals surface area contributed by atoms with Gasteiger partial charge in [-0.1, -0.05) is 18.7 Å². The van der Waals surface area contributed by atoms with Crippen LogP contribution in [0.4, 0.5) is 0 Å². The van der Waals surface area contributed by atoms with Crippen molar-refractivity contribution >= 4 is 11.8 Å². The Balaban J connectivity index is 2.34. The summed E-state index contributed by atoms with van der Waals surface area (Å²) in [6, 6.07) is 1.81. The van der Waals surface area contributed by atoms with Crippen LogP contribution >= 0.6 is 11.8 Å². The molecule has 2 N–H and O–H groups in total. The van der Waals surface area contributed by atoms with E-state index < -0.39 is 0 Å². The second-order valence-electron chi connectivity index (χ2n) is 3.88. The van der Waals surface area contributed by atoms with Crippen LogP contribution in [0.1, 0.15) is 20.3 Å². The maximum Gasteiger partial charge on any atom is 0.187 e. The van der Waals surface area contributed by atoms with Gasteiger partial charge in [0.15, 0.2) is 5.16 Å². The fourth-order valence-corrected chi connectivity index (χ4v) is 2.38. The van der Waals surface area contributed by atoms with Crippen molar-refractivity contribution in [2.45, 2.75) is 31.0 Å². The Kier molecular flexibility index (Phi) is 5.73. The molecule has 0 bridgehead atoms. The molecule has 90 valence electrons. The quantitative estimate of drug-likeness (QED) is 0.557. The minimum absolute atomic E-state index is 0.150. The SMILES string of the molecule is CCNC(C)(CO)CCSc1ncccn1. The number of rotatable bonds is 7. The summed E-state index contributed by atoms with van der Waals surface area (Å²) in [6.07, 6.45) is 4.37. The normalized spacial score (nSPS) is 14.7. The van der Waals surface area contributed by atoms with Crippen LogP contribution in [0, 0.1) is 0 Å². The number of likely N-dealkylation sites (N-methyl/N-ethyl adjacent to an activating group) is 1. The van der Waals surface area contributed by atoms with Crippen molar-refractivity contribution < 1.29 is 5.11 Å². The van der Waals surface area contributed by atoms with Gasteiger partial charge in [0.2, 0.25) is 0 Å². The Hall–Kier alpha value is -0.650. The van der Waals surface area contributed by atoms with Crippen LogP contribution in [0.3, 0.4) is 0 Å². The zero-order valence-electron chi connectivity index (χ0n) is 9.81. The number of thioether (sulfide) groups is 1. The summed E-state index contributed by atoms with van der Waals surface area (Å²) in [4.78, 5) is 8.28. The fraction of sp³-hybridized carbons (Fsp3) is 0.636. The Morgan fingerprint density at radius 2 is 2.12 bits per heavy atom. The summed E-state index contributed by atoms with van der Waals surface area (Å²) in [5.41, 5.74) is -0.198. The maximum atomic E-state index is 9.31. The molecule has 1 atom stereocenters. The molecule has 1 unspecified atom stereocenters. The minimum atomic E-state index is -0.198. The Morgan fingerprint density at radius 1 is 1.44 bits per heavy atom. The molecule has 16 heavy (non-hydrogen) atoms. The highest BCUT2D eigenvalue weighted by Crippen LogP contribution is 2.17. The van der Waals surface area contributed by atoms with E-state index in [4.69, 9.17) is 0 Å². The van der Waals surface area contributed by atoms with Gasteiger partial charge in [-0.2, -0.15) is 0 Å². The van der Waals surface area contributed by atoms with E-state index in [-0.39, 0.29) is 12.1 Å². The number of hydrogen-bond acceptors (Lipinski definition) is 5. The van der Waals surface area contributed by atoms with Crippen LogP contribution in [0.15, 0.2) is 23.6 Å². The predicted molar refractivity (Wildman–Crippen MR) is 66.5 cm³/mol. The number of nitrogens with one attached hydrogen (secondary N) is 1. The van der Waals surface area contributed by atoms with E-state index in [9.17, 15) is 5.11 Å². The first kappa shape index (κ1) is 13.4. The van der Waals surface area contributed by atoms with Gasteiger partial charge in [0.05, 0.1) is 6.61 Å². The zero-order chi connectivity index (χ0) is 11.9. The lowest BCUT2D eigenvalue weighted by Crippen LogP contribution is -2.46. The highest BCUT2D eigenvalue weighted by Gasteiger charge is 2.21. The summed E-state index contributed by atoms with van der Waals surface area (Å²) in [7, 11) is 0. The number of aliphatic hydroxyl groups is 1. The topological polar surface area (TPSA) is 58.0 Å². The van der Waals surface area contributed by atoms with Crippen LogP contribution in [0.25, 0.3) is 0 Å². The second-order valence-corrected chi connectivity index (χ2v) is 4.94. The number of nitrogens with zero attached hydrogens (tertiary/aromatic N) is 2. The fourth-order valence-electron chi connectivity index (χ4n) is 1.38. The maximum absolute atomic E-state index is 9.31. The molecule has 0 saturated heterocycles. The second kappa shape index (κ2) is 6.83. The molecule has 0 fully saturated rings. The molecule has 1 rings (SSSR count). The van der Waals surface area contributed by atoms with E-state index in [1.807, 2.05) is 13.8 Å². The van der Waals surface area contributed by atoms with E-state index >= 15 is 0 Å². The highest BCUT2D eigenvalue weighted by molar-refractivity contribution is 7.99. The van der Waals surface area contributed by atoms with Crippen LogP contribution in [-0.2, 0) is 0 Å². The Morgan fingerprint density at radius 3 is 2.69 bits per heavy atom. The molecule has 0 amide bonds. The van der Waals surface area contributed by atoms with Gasteiger partial charge in [0.1, 0.15) is 0 Å². The minimum Gasteiger partial charge on any atom is -0.394 e. The van der Waals surface area contributed by atoms with Crippen LogP contribution in [0.5, 0.6) is 0 Å². The molecule has 1 aromatic heterocycles. The summed E-state index contributed by atoms with van der Waals surface area (Å²) in [5.74, 6) is 0.897. The van der Waals surface area contributed by atoms with Gasteiger partial charge in [-0.3, -0.25) is 0 Å². The molecule has 0 radical (unpaired) electrons. The molecule has 0 aliphatic heterocycles. The smallest absolute Gasteiger partial charge is 0.187 e. The molecule has 1 aromatic rings. The molecule has 5 heteroatoms. The zero-order valence-corrected chi connectivity index (χ0v) is 10.6. The van der Waals surface area contributed by atoms with Crippen molar-refractivity contribution in [3.63, 3.8) is 0 Å². The lowest BCUT2D eigenvalue weighted by atomic mass is 10.0. The first-order valence-electron chi connectivity index (χ1n) is 5.46. The van der Waals surface area contributed by atoms with Crippen LogP contribution in [-0.4, -0.2) is 39.5 Å². The summed E-state index contributed by atoms with van der Waals surface area (Å²) in [6.45, 7) is 5.09. The monoisotopic (exact) mass is 241 g/mol. The molecule has 4 nitrogen and oxygen atoms in total. The summed E-state index contributed by atoms with van der Waals surface area (Å²) in [5, 5.41) is 13.4. The van der Waals surface area contributed by atoms with Gasteiger partial charge >= 0.3 is 0 Å². The van der Waals surface area contributed by atoms with Crippen molar-refractivity contribution in [3.8, 4) is 0 Å². The lowest BCUT2D eigenvalue weighted by Gasteiger charge is -2.27. The molecule has 0 aliphatic carbocycles. The van der Waals surface area contributed by atoms with Crippen molar-refractivity contribution in [1.29, 1.82) is 0 Å². The van der Waals surface area contributed by atoms with Gasteiger partial charge in [-0.25, -0.2) is 9.97 Å². The third-order valence-electron chi connectivity index (χ3n) is 2.38. The molecular weight excluding hydrogens is 222 g/mol. The van der Waals surface area contributed by atoms with Gasteiger partial charge < -0.3 is 10.4 Å². The predicted octanol–water partition coefficient (Wildman–Crippen LogP) is 1.32. The first-order valence-corrected chi connectivity index (χ1v) is 6.44. The van der Waals surface area contributed by atoms with E-state index in [1.165, 1.54) is 0 Å². The van der Waals surface area contributed by atoms with Gasteiger partial charge in [-0.15, -0.1) is 0 Å². The molecule has 0 aromatic carbocycles. The van der Waals surface area contributed by atoms with E-state index in [1.54, 1.807) is 30.2 Å². The molecule has 0 saturated carbocycles. The number of hydrogen-bond donors (Lipinski definition) is 2. The summed E-state index contributed by atoms with van der Waals surface area (Å²) < 4.78 is 0. The standard InChI is InChI=1S/C11H19N3OS/c1-3-14-11(2,9-15)5-8-16-10-12-6-4-7-13-10/h4,6-7,14-15H,3,5,8-9H2,1-2H3. The average molecular weight is 241 g/mol. The molecule has 1 heterocycles. The van der Waals surface area contributed by atoms with Crippen LogP contribution in [0.2, 0.25) is 0 Å². The molecule has 0 aliphatic rings. The van der Waals surface area contributed by atoms with Crippen molar-refractivity contribution in [3.05, 3.63) is 18.5 Å². The van der Waals surface area contributed by atoms with Gasteiger partial charge in [0, 0.05) is 23.7 Å². The number of aliphatic hydroxyl groups excluding tert-OH is 1. The van der Waals surface area contributed by atoms with Gasteiger partial charge in [0.25, 0.3) is 0 Å². The Labute approximate surface area is 101 Å². The molecular formula is C11H19N3OS. The van der Waals surface area contributed by atoms with E-state index in [2.05, 4.69) is 15.3 Å². The number of aromatic nitrogens is 2. The molecule has 0 spiro atoms. The third-order valence-corrected chi connectivity index (χ3v) is 3.26. The van der Waals surface area contributed by atoms with Crippen LogP contribution < -0.4 is 5.32 Å². The largest absolute Gasteiger partial charge is 0.394 e. The van der Waals surface area contributed by atoms with Crippen molar-refractivity contribution in [2.75, 3.05) is 18.9 Å². The van der Waals surface area contributed by atoms with E-state index in [0.717, 1.165) is 23.9 Å². The van der Waals surface area contributed by atoms with Crippen molar-refractivity contribution in [1.82, 2.24) is 15.3 Å². The Bertz CT molecular complexity index is 297. The first-order chi connectivity index (χ1) is 7.70. The third kappa shape index (κ3) is 4.47. The van der Waals surface area contributed by atoms with Gasteiger partial charge in [-0.05, 0) is 26.0 Å².